The first-order chi connectivity index (χ1) is 16.4. The van der Waals surface area contributed by atoms with Crippen LogP contribution in [0.15, 0.2) is 29.4 Å². The number of carbonyl (C=O) groups is 2. The Morgan fingerprint density at radius 3 is 2.88 bits per heavy atom. The van der Waals surface area contributed by atoms with Gasteiger partial charge in [0.25, 0.3) is 0 Å². The van der Waals surface area contributed by atoms with Crippen molar-refractivity contribution in [3.63, 3.8) is 0 Å². The van der Waals surface area contributed by atoms with Gasteiger partial charge in [0, 0.05) is 13.7 Å². The molecule has 2 aromatic heterocycles. The summed E-state index contributed by atoms with van der Waals surface area (Å²) in [5.74, 6) is 0.377. The number of nitrogens with one attached hydrogen (secondary N) is 2. The number of hydrogen-bond donors (Lipinski definition) is 3. The second-order valence-corrected chi connectivity index (χ2v) is 8.88. The summed E-state index contributed by atoms with van der Waals surface area (Å²) in [6, 6.07) is 7.53. The number of nitrogens with zero attached hydrogens (tertiary/aromatic N) is 6. The van der Waals surface area contributed by atoms with Crippen LogP contribution in [-0.4, -0.2) is 67.2 Å². The van der Waals surface area contributed by atoms with Crippen LogP contribution in [0.25, 0.3) is 11.5 Å². The number of nitrogens with two attached hydrogens (primary N) is 1. The summed E-state index contributed by atoms with van der Waals surface area (Å²) in [5, 5.41) is 22.2. The number of anilines is 1. The van der Waals surface area contributed by atoms with Crippen molar-refractivity contribution in [2.24, 2.45) is 0 Å². The zero-order valence-corrected chi connectivity index (χ0v) is 19.8. The van der Waals surface area contributed by atoms with Crippen LogP contribution in [0.5, 0.6) is 0 Å². The standard InChI is InChI=1S/C21H27N9O3S/c1-13-5-3-6-14(9-13)10-30-18(22)17(25-28-30)19-26-27-21(29(19)11-15-7-4-8-33-15)34-12-16(31)24-20(32)23-2/h3,5-6,9,15H,4,7-8,10-12,22H2,1-2H3,(H2,23,24,31,32)/t15-/m0/s1. The first kappa shape index (κ1) is 23.7. The summed E-state index contributed by atoms with van der Waals surface area (Å²) in [6.45, 7) is 3.70. The third-order valence-corrected chi connectivity index (χ3v) is 6.31. The van der Waals surface area contributed by atoms with Gasteiger partial charge in [-0.05, 0) is 25.3 Å². The van der Waals surface area contributed by atoms with Gasteiger partial charge in [-0.25, -0.2) is 9.48 Å². The van der Waals surface area contributed by atoms with E-state index in [2.05, 4.69) is 37.2 Å². The van der Waals surface area contributed by atoms with E-state index < -0.39 is 11.9 Å². The molecule has 34 heavy (non-hydrogen) atoms. The van der Waals surface area contributed by atoms with Gasteiger partial charge in [-0.15, -0.1) is 15.3 Å². The normalized spacial score (nSPS) is 15.4. The molecular formula is C21H27N9O3S. The van der Waals surface area contributed by atoms with E-state index in [0.29, 0.717) is 42.2 Å². The predicted octanol–water partition coefficient (Wildman–Crippen LogP) is 1.20. The summed E-state index contributed by atoms with van der Waals surface area (Å²) in [6.07, 6.45) is 1.89. The largest absolute Gasteiger partial charge is 0.382 e. The molecule has 1 atom stereocenters. The molecular weight excluding hydrogens is 458 g/mol. The number of amides is 3. The molecule has 0 spiro atoms. The van der Waals surface area contributed by atoms with E-state index in [1.807, 2.05) is 29.7 Å². The Bertz CT molecular complexity index is 1170. The van der Waals surface area contributed by atoms with Crippen molar-refractivity contribution in [2.75, 3.05) is 25.1 Å². The van der Waals surface area contributed by atoms with Gasteiger partial charge in [-0.3, -0.25) is 14.7 Å². The number of ether oxygens (including phenoxy) is 1. The molecule has 12 nitrogen and oxygen atoms in total. The van der Waals surface area contributed by atoms with E-state index in [0.717, 1.165) is 24.0 Å². The number of benzene rings is 1. The number of aryl methyl sites for hydroxylation is 1. The molecule has 0 bridgehead atoms. The smallest absolute Gasteiger partial charge is 0.321 e. The van der Waals surface area contributed by atoms with Crippen LogP contribution in [0.4, 0.5) is 10.6 Å². The number of nitrogen functional groups attached to an aromatic ring is 1. The Hall–Kier alpha value is -3.45. The lowest BCUT2D eigenvalue weighted by atomic mass is 10.1. The molecule has 4 rings (SSSR count). The minimum Gasteiger partial charge on any atom is -0.382 e. The summed E-state index contributed by atoms with van der Waals surface area (Å²) < 4.78 is 9.28. The molecule has 1 aromatic carbocycles. The molecule has 0 radical (unpaired) electrons. The van der Waals surface area contributed by atoms with Crippen LogP contribution in [0.2, 0.25) is 0 Å². The molecule has 1 saturated heterocycles. The fraction of sp³-hybridized carbons (Fsp3) is 0.429. The zero-order chi connectivity index (χ0) is 24.1. The Balaban J connectivity index is 1.57. The lowest BCUT2D eigenvalue weighted by molar-refractivity contribution is -0.117. The number of rotatable bonds is 8. The van der Waals surface area contributed by atoms with Crippen LogP contribution < -0.4 is 16.4 Å². The molecule has 4 N–H and O–H groups in total. The molecule has 0 unspecified atom stereocenters. The Kier molecular flexibility index (Phi) is 7.43. The molecule has 3 aromatic rings. The van der Waals surface area contributed by atoms with Crippen molar-refractivity contribution in [2.45, 2.75) is 44.1 Å². The van der Waals surface area contributed by atoms with Gasteiger partial charge in [-0.2, -0.15) is 0 Å². The maximum Gasteiger partial charge on any atom is 0.321 e. The molecule has 0 aliphatic carbocycles. The van der Waals surface area contributed by atoms with Crippen molar-refractivity contribution >= 4 is 29.5 Å². The van der Waals surface area contributed by atoms with Gasteiger partial charge in [0.2, 0.25) is 5.91 Å². The van der Waals surface area contributed by atoms with Crippen molar-refractivity contribution in [1.82, 2.24) is 40.4 Å². The van der Waals surface area contributed by atoms with Crippen molar-refractivity contribution in [3.8, 4) is 11.5 Å². The van der Waals surface area contributed by atoms with Crippen LogP contribution in [0.1, 0.15) is 24.0 Å². The highest BCUT2D eigenvalue weighted by Crippen LogP contribution is 2.28. The minimum atomic E-state index is -0.565. The summed E-state index contributed by atoms with van der Waals surface area (Å²) in [4.78, 5) is 23.4. The van der Waals surface area contributed by atoms with E-state index in [-0.39, 0.29) is 11.9 Å². The van der Waals surface area contributed by atoms with Gasteiger partial charge in [0.15, 0.2) is 22.5 Å². The molecule has 13 heteroatoms. The number of hydrogen-bond acceptors (Lipinski definition) is 9. The molecule has 1 fully saturated rings. The van der Waals surface area contributed by atoms with Crippen molar-refractivity contribution in [3.05, 3.63) is 35.4 Å². The highest BCUT2D eigenvalue weighted by Gasteiger charge is 2.25. The zero-order valence-electron chi connectivity index (χ0n) is 19.0. The minimum absolute atomic E-state index is 0.00245. The Morgan fingerprint density at radius 1 is 1.29 bits per heavy atom. The van der Waals surface area contributed by atoms with E-state index in [4.69, 9.17) is 10.5 Å². The topological polar surface area (TPSA) is 155 Å². The van der Waals surface area contributed by atoms with E-state index in [9.17, 15) is 9.59 Å². The van der Waals surface area contributed by atoms with Crippen molar-refractivity contribution in [1.29, 1.82) is 0 Å². The van der Waals surface area contributed by atoms with Gasteiger partial charge in [0.05, 0.1) is 24.9 Å². The monoisotopic (exact) mass is 485 g/mol. The third kappa shape index (κ3) is 5.54. The molecule has 0 saturated carbocycles. The number of imide groups is 1. The Labute approximate surface area is 200 Å². The lowest BCUT2D eigenvalue weighted by Gasteiger charge is -2.14. The first-order valence-corrected chi connectivity index (χ1v) is 11.9. The summed E-state index contributed by atoms with van der Waals surface area (Å²) in [7, 11) is 1.44. The molecule has 180 valence electrons. The predicted molar refractivity (Wildman–Crippen MR) is 126 cm³/mol. The average molecular weight is 486 g/mol. The van der Waals surface area contributed by atoms with Gasteiger partial charge in [0.1, 0.15) is 0 Å². The molecule has 3 amide bonds. The summed E-state index contributed by atoms with van der Waals surface area (Å²) >= 11 is 1.17. The molecule has 1 aliphatic heterocycles. The first-order valence-electron chi connectivity index (χ1n) is 10.9. The molecule has 1 aliphatic rings. The van der Waals surface area contributed by atoms with Crippen LogP contribution >= 0.6 is 11.8 Å². The van der Waals surface area contributed by atoms with Gasteiger partial charge in [-0.1, -0.05) is 46.8 Å². The van der Waals surface area contributed by atoms with E-state index >= 15 is 0 Å². The van der Waals surface area contributed by atoms with Crippen LogP contribution in [-0.2, 0) is 22.6 Å². The maximum absolute atomic E-state index is 12.1. The number of aromatic nitrogens is 6. The highest BCUT2D eigenvalue weighted by atomic mass is 32.2. The lowest BCUT2D eigenvalue weighted by Crippen LogP contribution is -2.38. The highest BCUT2D eigenvalue weighted by molar-refractivity contribution is 7.99. The van der Waals surface area contributed by atoms with E-state index in [1.54, 1.807) is 4.68 Å². The van der Waals surface area contributed by atoms with Gasteiger partial charge < -0.3 is 15.8 Å². The summed E-state index contributed by atoms with van der Waals surface area (Å²) in [5.41, 5.74) is 9.03. The van der Waals surface area contributed by atoms with Crippen LogP contribution in [0.3, 0.4) is 0 Å². The fourth-order valence-corrected chi connectivity index (χ4v) is 4.41. The SMILES string of the molecule is CNC(=O)NC(=O)CSc1nnc(-c2nnn(Cc3cccc(C)c3)c2N)n1C[C@@H]1CCCO1. The molecule has 3 heterocycles. The average Bonchev–Trinajstić information content (AvgIpc) is 3.55. The maximum atomic E-state index is 12.1. The fourth-order valence-electron chi connectivity index (χ4n) is 3.66. The second-order valence-electron chi connectivity index (χ2n) is 7.94. The van der Waals surface area contributed by atoms with E-state index in [1.165, 1.54) is 18.8 Å². The Morgan fingerprint density at radius 2 is 2.15 bits per heavy atom. The number of thioether (sulfide) groups is 1. The number of urea groups is 1. The number of carbonyl (C=O) groups excluding carboxylic acids is 2. The van der Waals surface area contributed by atoms with Crippen molar-refractivity contribution < 1.29 is 14.3 Å². The van der Waals surface area contributed by atoms with Gasteiger partial charge >= 0.3 is 6.03 Å². The second kappa shape index (κ2) is 10.7. The quantitative estimate of drug-likeness (QED) is 0.399. The van der Waals surface area contributed by atoms with Crippen LogP contribution in [0, 0.1) is 6.92 Å². The third-order valence-electron chi connectivity index (χ3n) is 5.34.